The number of guanidine groups is 1. The van der Waals surface area contributed by atoms with Crippen molar-refractivity contribution in [2.45, 2.75) is 29.6 Å². The number of piperidine rings is 1. The number of carbonyl (C=O) groups excluding carboxylic acids is 1. The normalized spacial score (nSPS) is 16.3. The number of thiazole rings is 1. The fourth-order valence-corrected chi connectivity index (χ4v) is 4.21. The summed E-state index contributed by atoms with van der Waals surface area (Å²) in [5.41, 5.74) is 5.24. The van der Waals surface area contributed by atoms with Crippen LogP contribution in [0, 0.1) is 0 Å². The second kappa shape index (κ2) is 12.7. The van der Waals surface area contributed by atoms with Crippen LogP contribution >= 0.6 is 47.1 Å². The summed E-state index contributed by atoms with van der Waals surface area (Å²) >= 11 is 3.47. The smallest absolute Gasteiger partial charge is 0.231 e. The number of carbonyl (C=O) groups is 1. The molecule has 0 radical (unpaired) electrons. The van der Waals surface area contributed by atoms with Crippen LogP contribution in [0.1, 0.15) is 19.3 Å². The Kier molecular flexibility index (Phi) is 11.4. The predicted molar refractivity (Wildman–Crippen MR) is 116 cm³/mol. The summed E-state index contributed by atoms with van der Waals surface area (Å²) in [6, 6.07) is 0.394. The minimum absolute atomic E-state index is 0. The molecule has 0 bridgehead atoms. The summed E-state index contributed by atoms with van der Waals surface area (Å²) in [7, 11) is 1.79. The van der Waals surface area contributed by atoms with Crippen LogP contribution in [-0.4, -0.2) is 66.8 Å². The minimum Gasteiger partial charge on any atom is -0.369 e. The maximum atomic E-state index is 11.0. The monoisotopic (exact) mass is 498 g/mol. The summed E-state index contributed by atoms with van der Waals surface area (Å²) in [4.78, 5) is 21.6. The second-order valence-electron chi connectivity index (χ2n) is 5.66. The lowest BCUT2D eigenvalue weighted by molar-refractivity contribution is -0.119. The van der Waals surface area contributed by atoms with Crippen molar-refractivity contribution < 1.29 is 4.79 Å². The van der Waals surface area contributed by atoms with Crippen molar-refractivity contribution in [2.75, 3.05) is 39.0 Å². The number of halogens is 1. The lowest BCUT2D eigenvalue weighted by atomic mass is 10.1. The zero-order chi connectivity index (χ0) is 17.2. The van der Waals surface area contributed by atoms with E-state index in [1.54, 1.807) is 30.1 Å². The van der Waals surface area contributed by atoms with E-state index in [4.69, 9.17) is 5.73 Å². The van der Waals surface area contributed by atoms with Crippen LogP contribution in [0.5, 0.6) is 0 Å². The number of primary amides is 1. The molecule has 2 rings (SSSR count). The number of nitrogens with one attached hydrogen (secondary N) is 2. The van der Waals surface area contributed by atoms with E-state index >= 15 is 0 Å². The molecule has 1 aliphatic heterocycles. The molecule has 0 saturated carbocycles. The average molecular weight is 498 g/mol. The third-order valence-corrected chi connectivity index (χ3v) is 5.83. The number of thioether (sulfide) groups is 1. The number of amides is 1. The first-order chi connectivity index (χ1) is 11.7. The van der Waals surface area contributed by atoms with Crippen molar-refractivity contribution >= 4 is 58.9 Å². The Bertz CT molecular complexity index is 520. The first-order valence-electron chi connectivity index (χ1n) is 8.17. The van der Waals surface area contributed by atoms with Gasteiger partial charge in [-0.1, -0.05) is 11.8 Å². The molecule has 1 fully saturated rings. The lowest BCUT2D eigenvalue weighted by Gasteiger charge is -2.32. The van der Waals surface area contributed by atoms with E-state index in [9.17, 15) is 4.79 Å². The predicted octanol–water partition coefficient (Wildman–Crippen LogP) is 1.36. The average Bonchev–Trinajstić information content (AvgIpc) is 3.08. The molecule has 1 aromatic heterocycles. The summed E-state index contributed by atoms with van der Waals surface area (Å²) in [5.74, 6) is 1.64. The van der Waals surface area contributed by atoms with Gasteiger partial charge >= 0.3 is 0 Å². The molecule has 10 heteroatoms. The van der Waals surface area contributed by atoms with Gasteiger partial charge in [0.15, 0.2) is 5.96 Å². The number of nitrogens with two attached hydrogens (primary N) is 1. The molecule has 1 saturated heterocycles. The van der Waals surface area contributed by atoms with Crippen LogP contribution in [0.15, 0.2) is 20.9 Å². The standard InChI is InChI=1S/C15H26N6OS2.HI/c1-17-14(18-5-2-9-23-15-19-6-10-24-15)20-12-3-7-21(8-4-12)11-13(16)22;/h6,10,12H,2-5,7-9,11H2,1H3,(H2,16,22)(H2,17,18,20);1H. The molecule has 7 nitrogen and oxygen atoms in total. The fourth-order valence-electron chi connectivity index (χ4n) is 2.56. The molecular weight excluding hydrogens is 471 g/mol. The molecule has 25 heavy (non-hydrogen) atoms. The molecule has 2 heterocycles. The molecule has 1 aliphatic rings. The van der Waals surface area contributed by atoms with Crippen LogP contribution in [0.3, 0.4) is 0 Å². The summed E-state index contributed by atoms with van der Waals surface area (Å²) in [5, 5.41) is 8.83. The van der Waals surface area contributed by atoms with Gasteiger partial charge in [-0.2, -0.15) is 0 Å². The van der Waals surface area contributed by atoms with E-state index < -0.39 is 0 Å². The Hall–Kier alpha value is -0.590. The Morgan fingerprint density at radius 1 is 1.52 bits per heavy atom. The van der Waals surface area contributed by atoms with Crippen LogP contribution in [0.2, 0.25) is 0 Å². The van der Waals surface area contributed by atoms with Crippen LogP contribution < -0.4 is 16.4 Å². The first-order valence-corrected chi connectivity index (χ1v) is 10.0. The maximum absolute atomic E-state index is 11.0. The van der Waals surface area contributed by atoms with Gasteiger partial charge < -0.3 is 16.4 Å². The molecule has 0 aromatic carbocycles. The second-order valence-corrected chi connectivity index (χ2v) is 7.90. The van der Waals surface area contributed by atoms with E-state index in [1.807, 2.05) is 11.6 Å². The number of aromatic nitrogens is 1. The van der Waals surface area contributed by atoms with Crippen LogP contribution in [0.4, 0.5) is 0 Å². The Morgan fingerprint density at radius 3 is 2.88 bits per heavy atom. The number of hydrogen-bond acceptors (Lipinski definition) is 6. The number of hydrogen-bond donors (Lipinski definition) is 3. The van der Waals surface area contributed by atoms with Gasteiger partial charge in [0.25, 0.3) is 0 Å². The Labute approximate surface area is 174 Å². The number of nitrogens with zero attached hydrogens (tertiary/aromatic N) is 3. The zero-order valence-electron chi connectivity index (χ0n) is 14.4. The minimum atomic E-state index is -0.255. The van der Waals surface area contributed by atoms with Gasteiger partial charge in [-0.05, 0) is 19.3 Å². The van der Waals surface area contributed by atoms with Crippen molar-refractivity contribution in [1.82, 2.24) is 20.5 Å². The van der Waals surface area contributed by atoms with E-state index in [0.717, 1.165) is 54.9 Å². The highest BCUT2D eigenvalue weighted by Gasteiger charge is 2.20. The molecule has 0 spiro atoms. The van der Waals surface area contributed by atoms with Gasteiger partial charge in [-0.3, -0.25) is 14.7 Å². The maximum Gasteiger partial charge on any atom is 0.231 e. The SMILES string of the molecule is CN=C(NCCCSc1nccs1)NC1CCN(CC(N)=O)CC1.I. The van der Waals surface area contributed by atoms with Crippen molar-refractivity contribution in [3.8, 4) is 0 Å². The molecule has 4 N–H and O–H groups in total. The van der Waals surface area contributed by atoms with Crippen molar-refractivity contribution in [3.05, 3.63) is 11.6 Å². The van der Waals surface area contributed by atoms with E-state index in [1.165, 1.54) is 0 Å². The largest absolute Gasteiger partial charge is 0.369 e. The highest BCUT2D eigenvalue weighted by Crippen LogP contribution is 2.20. The highest BCUT2D eigenvalue weighted by atomic mass is 127. The van der Waals surface area contributed by atoms with Gasteiger partial charge in [-0.15, -0.1) is 35.3 Å². The molecule has 0 aliphatic carbocycles. The molecule has 0 unspecified atom stereocenters. The van der Waals surface area contributed by atoms with Gasteiger partial charge in [-0.25, -0.2) is 4.98 Å². The van der Waals surface area contributed by atoms with E-state index in [0.29, 0.717) is 12.6 Å². The van der Waals surface area contributed by atoms with E-state index in [2.05, 4.69) is 25.5 Å². The summed E-state index contributed by atoms with van der Waals surface area (Å²) < 4.78 is 1.13. The topological polar surface area (TPSA) is 95.6 Å². The molecule has 1 aromatic rings. The number of aliphatic imine (C=N–C) groups is 1. The fraction of sp³-hybridized carbons (Fsp3) is 0.667. The third-order valence-electron chi connectivity index (χ3n) is 3.78. The summed E-state index contributed by atoms with van der Waals surface area (Å²) in [6.45, 7) is 3.03. The molecule has 1 amide bonds. The number of rotatable bonds is 8. The third kappa shape index (κ3) is 9.06. The van der Waals surface area contributed by atoms with Crippen LogP contribution in [-0.2, 0) is 4.79 Å². The Morgan fingerprint density at radius 2 is 2.28 bits per heavy atom. The zero-order valence-corrected chi connectivity index (χ0v) is 18.4. The van der Waals surface area contributed by atoms with Gasteiger partial charge in [0.1, 0.15) is 4.34 Å². The Balaban J connectivity index is 0.00000312. The van der Waals surface area contributed by atoms with Gasteiger partial charge in [0, 0.05) is 50.1 Å². The number of likely N-dealkylation sites (tertiary alicyclic amines) is 1. The van der Waals surface area contributed by atoms with Crippen LogP contribution in [0.25, 0.3) is 0 Å². The van der Waals surface area contributed by atoms with Gasteiger partial charge in [0.2, 0.25) is 5.91 Å². The van der Waals surface area contributed by atoms with Crippen molar-refractivity contribution in [2.24, 2.45) is 10.7 Å². The molecule has 142 valence electrons. The lowest BCUT2D eigenvalue weighted by Crippen LogP contribution is -2.49. The molecule has 0 atom stereocenters. The van der Waals surface area contributed by atoms with E-state index in [-0.39, 0.29) is 29.9 Å². The highest BCUT2D eigenvalue weighted by molar-refractivity contribution is 14.0. The first kappa shape index (κ1) is 22.5. The quantitative estimate of drug-likeness (QED) is 0.165. The summed E-state index contributed by atoms with van der Waals surface area (Å²) in [6.07, 6.45) is 4.88. The molecular formula is C15H27IN6OS2. The van der Waals surface area contributed by atoms with Crippen molar-refractivity contribution in [1.29, 1.82) is 0 Å². The van der Waals surface area contributed by atoms with Gasteiger partial charge in [0.05, 0.1) is 6.54 Å². The van der Waals surface area contributed by atoms with Crippen molar-refractivity contribution in [3.63, 3.8) is 0 Å².